The van der Waals surface area contributed by atoms with E-state index in [-0.39, 0.29) is 11.3 Å². The topological polar surface area (TPSA) is 76.0 Å². The Labute approximate surface area is 134 Å². The van der Waals surface area contributed by atoms with Gasteiger partial charge < -0.3 is 19.7 Å². The van der Waals surface area contributed by atoms with Gasteiger partial charge in [0, 0.05) is 12.0 Å². The number of benzene rings is 2. The number of ether oxygens (including phenoxy) is 2. The Morgan fingerprint density at radius 3 is 2.52 bits per heavy atom. The maximum absolute atomic E-state index is 11.5. The van der Waals surface area contributed by atoms with E-state index in [0.29, 0.717) is 24.2 Å². The fourth-order valence-corrected chi connectivity index (χ4v) is 3.12. The number of aromatic hydroxyl groups is 1. The molecule has 1 aliphatic rings. The van der Waals surface area contributed by atoms with Crippen molar-refractivity contribution in [2.75, 3.05) is 7.11 Å². The van der Waals surface area contributed by atoms with E-state index >= 15 is 0 Å². The number of carboxylic acids is 1. The summed E-state index contributed by atoms with van der Waals surface area (Å²) >= 11 is 0. The summed E-state index contributed by atoms with van der Waals surface area (Å²) < 4.78 is 11.3. The molecule has 23 heavy (non-hydrogen) atoms. The smallest absolute Gasteiger partial charge is 0.339 e. The summed E-state index contributed by atoms with van der Waals surface area (Å²) in [4.78, 5) is 11.5. The fourth-order valence-electron chi connectivity index (χ4n) is 3.12. The number of carboxylic acid groups (broad SMARTS) is 1. The van der Waals surface area contributed by atoms with Crippen molar-refractivity contribution in [3.63, 3.8) is 0 Å². The zero-order valence-corrected chi connectivity index (χ0v) is 13.0. The lowest BCUT2D eigenvalue weighted by Crippen LogP contribution is -2.30. The first kappa shape index (κ1) is 15.2. The lowest BCUT2D eigenvalue weighted by molar-refractivity contribution is 0.0692. The van der Waals surface area contributed by atoms with Crippen LogP contribution in [0.5, 0.6) is 17.2 Å². The van der Waals surface area contributed by atoms with Crippen LogP contribution < -0.4 is 9.47 Å². The van der Waals surface area contributed by atoms with Gasteiger partial charge in [-0.2, -0.15) is 0 Å². The molecule has 3 rings (SSSR count). The summed E-state index contributed by atoms with van der Waals surface area (Å²) in [6.07, 6.45) is 1.08. The first-order valence-corrected chi connectivity index (χ1v) is 7.42. The molecular weight excluding hydrogens is 296 g/mol. The minimum Gasteiger partial charge on any atom is -0.507 e. The molecule has 0 aliphatic carbocycles. The fraction of sp³-hybridized carbons (Fsp3) is 0.278. The summed E-state index contributed by atoms with van der Waals surface area (Å²) in [6, 6.07) is 10.5. The van der Waals surface area contributed by atoms with Gasteiger partial charge in [-0.05, 0) is 36.2 Å². The molecule has 2 aromatic carbocycles. The monoisotopic (exact) mass is 314 g/mol. The minimum atomic E-state index is -1.15. The van der Waals surface area contributed by atoms with E-state index in [1.165, 1.54) is 6.07 Å². The molecular formula is C18H18O5. The second kappa shape index (κ2) is 5.50. The Kier molecular flexibility index (Phi) is 3.64. The highest BCUT2D eigenvalue weighted by Crippen LogP contribution is 2.46. The maximum Gasteiger partial charge on any atom is 0.339 e. The first-order chi connectivity index (χ1) is 11.0. The highest BCUT2D eigenvalue weighted by Gasteiger charge is 2.42. The van der Waals surface area contributed by atoms with E-state index in [2.05, 4.69) is 0 Å². The second-order valence-electron chi connectivity index (χ2n) is 5.60. The lowest BCUT2D eigenvalue weighted by Gasteiger charge is -2.28. The quantitative estimate of drug-likeness (QED) is 0.905. The first-order valence-electron chi connectivity index (χ1n) is 7.42. The van der Waals surface area contributed by atoms with Crippen molar-refractivity contribution in [2.45, 2.75) is 25.4 Å². The van der Waals surface area contributed by atoms with Crippen molar-refractivity contribution in [1.82, 2.24) is 0 Å². The third kappa shape index (κ3) is 2.38. The zero-order chi connectivity index (χ0) is 16.6. The van der Waals surface area contributed by atoms with Gasteiger partial charge in [-0.25, -0.2) is 4.79 Å². The zero-order valence-electron chi connectivity index (χ0n) is 13.0. The van der Waals surface area contributed by atoms with E-state index in [0.717, 1.165) is 11.3 Å². The van der Waals surface area contributed by atoms with Gasteiger partial charge in [-0.1, -0.05) is 19.1 Å². The molecule has 1 heterocycles. The number of fused-ring (bicyclic) bond motifs is 1. The Bertz CT molecular complexity index is 751. The summed E-state index contributed by atoms with van der Waals surface area (Å²) in [5.74, 6) is -0.122. The number of hydrogen-bond acceptors (Lipinski definition) is 4. The van der Waals surface area contributed by atoms with Crippen LogP contribution in [0.15, 0.2) is 36.4 Å². The standard InChI is InChI=1S/C18H18O5/c1-3-18(11-4-6-12(22-2)7-5-11)10-13-15(23-18)9-8-14(19)16(13)17(20)21/h4-9,19H,3,10H2,1-2H3,(H,20,21). The molecule has 2 aromatic rings. The summed E-state index contributed by atoms with van der Waals surface area (Å²) in [5.41, 5.74) is 0.779. The molecule has 1 aliphatic heterocycles. The second-order valence-corrected chi connectivity index (χ2v) is 5.60. The predicted molar refractivity (Wildman–Crippen MR) is 84.4 cm³/mol. The van der Waals surface area contributed by atoms with Crippen LogP contribution in [0.25, 0.3) is 0 Å². The van der Waals surface area contributed by atoms with E-state index in [4.69, 9.17) is 9.47 Å². The molecule has 1 unspecified atom stereocenters. The van der Waals surface area contributed by atoms with Gasteiger partial charge in [-0.15, -0.1) is 0 Å². The Hall–Kier alpha value is -2.69. The number of carbonyl (C=O) groups is 1. The molecule has 0 aromatic heterocycles. The molecule has 0 bridgehead atoms. The Balaban J connectivity index is 2.06. The van der Waals surface area contributed by atoms with Crippen molar-refractivity contribution in [1.29, 1.82) is 0 Å². The number of hydrogen-bond donors (Lipinski definition) is 2. The van der Waals surface area contributed by atoms with Crippen LogP contribution in [0, 0.1) is 0 Å². The van der Waals surface area contributed by atoms with Crippen LogP contribution in [0.1, 0.15) is 34.8 Å². The van der Waals surface area contributed by atoms with Gasteiger partial charge in [0.25, 0.3) is 0 Å². The number of rotatable bonds is 4. The van der Waals surface area contributed by atoms with Gasteiger partial charge in [0.1, 0.15) is 28.4 Å². The minimum absolute atomic E-state index is 0.0775. The normalized spacial score (nSPS) is 19.0. The summed E-state index contributed by atoms with van der Waals surface area (Å²) in [5, 5.41) is 19.3. The van der Waals surface area contributed by atoms with Crippen LogP contribution in [0.4, 0.5) is 0 Å². The molecule has 5 heteroatoms. The van der Waals surface area contributed by atoms with Gasteiger partial charge in [0.05, 0.1) is 7.11 Å². The highest BCUT2D eigenvalue weighted by atomic mass is 16.5. The van der Waals surface area contributed by atoms with E-state index in [9.17, 15) is 15.0 Å². The van der Waals surface area contributed by atoms with Gasteiger partial charge in [0.2, 0.25) is 0 Å². The molecule has 5 nitrogen and oxygen atoms in total. The molecule has 0 saturated carbocycles. The van der Waals surface area contributed by atoms with Crippen molar-refractivity contribution < 1.29 is 24.5 Å². The van der Waals surface area contributed by atoms with Crippen molar-refractivity contribution in [3.8, 4) is 17.2 Å². The molecule has 0 spiro atoms. The van der Waals surface area contributed by atoms with Gasteiger partial charge >= 0.3 is 5.97 Å². The van der Waals surface area contributed by atoms with Crippen LogP contribution in [0.2, 0.25) is 0 Å². The van der Waals surface area contributed by atoms with Crippen LogP contribution in [-0.2, 0) is 12.0 Å². The molecule has 1 atom stereocenters. The summed E-state index contributed by atoms with van der Waals surface area (Å²) in [7, 11) is 1.61. The molecule has 2 N–H and O–H groups in total. The molecule has 0 radical (unpaired) electrons. The largest absolute Gasteiger partial charge is 0.507 e. The Morgan fingerprint density at radius 2 is 1.96 bits per heavy atom. The molecule has 0 fully saturated rings. The van der Waals surface area contributed by atoms with E-state index in [1.54, 1.807) is 13.2 Å². The molecule has 120 valence electrons. The SMILES string of the molecule is CCC1(c2ccc(OC)cc2)Cc2c(ccc(O)c2C(=O)O)O1. The lowest BCUT2D eigenvalue weighted by atomic mass is 9.85. The van der Waals surface area contributed by atoms with Crippen LogP contribution in [-0.4, -0.2) is 23.3 Å². The van der Waals surface area contributed by atoms with Crippen molar-refractivity contribution in [2.24, 2.45) is 0 Å². The van der Waals surface area contributed by atoms with Crippen molar-refractivity contribution in [3.05, 3.63) is 53.1 Å². The predicted octanol–water partition coefficient (Wildman–Crippen LogP) is 3.34. The third-order valence-electron chi connectivity index (χ3n) is 4.42. The third-order valence-corrected chi connectivity index (χ3v) is 4.42. The van der Waals surface area contributed by atoms with Crippen LogP contribution in [0.3, 0.4) is 0 Å². The van der Waals surface area contributed by atoms with E-state index < -0.39 is 11.6 Å². The maximum atomic E-state index is 11.5. The van der Waals surface area contributed by atoms with E-state index in [1.807, 2.05) is 31.2 Å². The van der Waals surface area contributed by atoms with Gasteiger partial charge in [0.15, 0.2) is 0 Å². The number of methoxy groups -OCH3 is 1. The van der Waals surface area contributed by atoms with Crippen molar-refractivity contribution >= 4 is 5.97 Å². The van der Waals surface area contributed by atoms with Gasteiger partial charge in [-0.3, -0.25) is 0 Å². The highest BCUT2D eigenvalue weighted by molar-refractivity contribution is 5.93. The number of aromatic carboxylic acids is 1. The number of phenols is 1. The Morgan fingerprint density at radius 1 is 1.26 bits per heavy atom. The average molecular weight is 314 g/mol. The summed E-state index contributed by atoms with van der Waals surface area (Å²) in [6.45, 7) is 2.00. The average Bonchev–Trinajstić information content (AvgIpc) is 2.94. The molecule has 0 saturated heterocycles. The van der Waals surface area contributed by atoms with Crippen LogP contribution >= 0.6 is 0 Å². The molecule has 0 amide bonds.